The van der Waals surface area contributed by atoms with Crippen LogP contribution >= 0.6 is 0 Å². The highest BCUT2D eigenvalue weighted by Gasteiger charge is 2.91. The SMILES string of the molecule is COC(=O)C[C@H]1[C@@]2(C)CO[C@]3(O)[C@H]([C@H]2OC(C)=O)[C@H]2O[C@]24[C@@H]2CC(=O)O[C@@H](c5ccoc5)[C@]2(C)CC[C@@H]4[C@]13C. The maximum atomic E-state index is 13.1. The van der Waals surface area contributed by atoms with Crippen LogP contribution in [-0.2, 0) is 38.1 Å². The lowest BCUT2D eigenvalue weighted by atomic mass is 9.34. The van der Waals surface area contributed by atoms with Crippen molar-refractivity contribution in [1.29, 1.82) is 0 Å². The zero-order valence-electron chi connectivity index (χ0n) is 22.9. The van der Waals surface area contributed by atoms with Gasteiger partial charge in [0, 0.05) is 47.0 Å². The van der Waals surface area contributed by atoms with Crippen LogP contribution in [-0.4, -0.2) is 60.3 Å². The van der Waals surface area contributed by atoms with Crippen LogP contribution in [0.1, 0.15) is 65.0 Å². The third-order valence-corrected chi connectivity index (χ3v) is 11.9. The molecule has 3 aliphatic carbocycles. The number of hydrogen-bond donors (Lipinski definition) is 1. The number of methoxy groups -OCH3 is 1. The molecule has 3 saturated carbocycles. The molecule has 8 rings (SSSR count). The number of esters is 3. The van der Waals surface area contributed by atoms with Crippen molar-refractivity contribution in [3.05, 3.63) is 24.2 Å². The maximum Gasteiger partial charge on any atom is 0.306 e. The fourth-order valence-electron chi connectivity index (χ4n) is 10.3. The van der Waals surface area contributed by atoms with E-state index >= 15 is 0 Å². The summed E-state index contributed by atoms with van der Waals surface area (Å²) in [4.78, 5) is 38.4. The largest absolute Gasteiger partial charge is 0.472 e. The molecule has 1 aromatic rings. The highest BCUT2D eigenvalue weighted by molar-refractivity contribution is 5.72. The van der Waals surface area contributed by atoms with Crippen LogP contribution in [0.3, 0.4) is 0 Å². The third-order valence-electron chi connectivity index (χ3n) is 11.9. The third kappa shape index (κ3) is 2.80. The first kappa shape index (κ1) is 25.5. The fourth-order valence-corrected chi connectivity index (χ4v) is 10.3. The first-order valence-electron chi connectivity index (χ1n) is 13.9. The molecule has 4 saturated heterocycles. The van der Waals surface area contributed by atoms with E-state index in [4.69, 9.17) is 28.1 Å². The Bertz CT molecular complexity index is 1240. The highest BCUT2D eigenvalue weighted by Crippen LogP contribution is 2.82. The summed E-state index contributed by atoms with van der Waals surface area (Å²) < 4.78 is 35.5. The van der Waals surface area contributed by atoms with Gasteiger partial charge in [-0.3, -0.25) is 14.4 Å². The molecule has 0 amide bonds. The van der Waals surface area contributed by atoms with Gasteiger partial charge < -0.3 is 33.2 Å². The van der Waals surface area contributed by atoms with Crippen molar-refractivity contribution >= 4 is 17.9 Å². The molecule has 212 valence electrons. The van der Waals surface area contributed by atoms with Gasteiger partial charge in [-0.2, -0.15) is 0 Å². The minimum Gasteiger partial charge on any atom is -0.472 e. The number of aliphatic hydroxyl groups is 1. The zero-order chi connectivity index (χ0) is 27.8. The summed E-state index contributed by atoms with van der Waals surface area (Å²) in [5.74, 6) is -4.39. The second-order valence-corrected chi connectivity index (χ2v) is 13.3. The summed E-state index contributed by atoms with van der Waals surface area (Å²) in [6.45, 7) is 7.61. The molecule has 0 aromatic carbocycles. The van der Waals surface area contributed by atoms with E-state index in [0.29, 0.717) is 12.8 Å². The van der Waals surface area contributed by atoms with E-state index in [9.17, 15) is 19.5 Å². The van der Waals surface area contributed by atoms with Gasteiger partial charge in [-0.25, -0.2) is 0 Å². The molecule has 0 unspecified atom stereocenters. The minimum absolute atomic E-state index is 0.0402. The van der Waals surface area contributed by atoms with Gasteiger partial charge in [-0.1, -0.05) is 20.8 Å². The summed E-state index contributed by atoms with van der Waals surface area (Å²) in [6, 6.07) is 1.83. The normalized spacial score (nSPS) is 52.6. The number of rotatable bonds is 4. The van der Waals surface area contributed by atoms with Crippen LogP contribution in [0, 0.1) is 39.9 Å². The Morgan fingerprint density at radius 2 is 1.95 bits per heavy atom. The first-order chi connectivity index (χ1) is 18.4. The molecule has 12 atom stereocenters. The predicted molar refractivity (Wildman–Crippen MR) is 130 cm³/mol. The van der Waals surface area contributed by atoms with Gasteiger partial charge in [0.2, 0.25) is 0 Å². The molecule has 1 N–H and O–H groups in total. The summed E-state index contributed by atoms with van der Waals surface area (Å²) in [6.07, 6.45) is 3.09. The standard InChI is InChI=1S/C29H36O10/c1-14(30)37-23-21-24-28(39-24)16(27(4)17(10-19(31)34-5)26(23,3)13-36-29(21,27)33)6-8-25(2)18(28)11-20(32)38-22(25)15-7-9-35-12-15/h7,9,12,16-18,21-24,33H,6,8,10-11,13H2,1-5H3/t16-,17+,18-,21-,22+,23-,24-,25-,26-,27-,28-,29-/m1/s1. The Labute approximate surface area is 226 Å². The van der Waals surface area contributed by atoms with Crippen molar-refractivity contribution in [2.75, 3.05) is 13.7 Å². The number of epoxide rings is 1. The topological polar surface area (TPSA) is 134 Å². The van der Waals surface area contributed by atoms with Crippen LogP contribution in [0.5, 0.6) is 0 Å². The van der Waals surface area contributed by atoms with E-state index in [1.165, 1.54) is 14.0 Å². The lowest BCUT2D eigenvalue weighted by Gasteiger charge is -2.74. The van der Waals surface area contributed by atoms with E-state index in [2.05, 4.69) is 6.92 Å². The minimum atomic E-state index is -1.69. The van der Waals surface area contributed by atoms with Crippen molar-refractivity contribution in [3.63, 3.8) is 0 Å². The zero-order valence-corrected chi connectivity index (χ0v) is 22.9. The quantitative estimate of drug-likeness (QED) is 0.343. The van der Waals surface area contributed by atoms with Crippen molar-refractivity contribution in [2.24, 2.45) is 39.9 Å². The van der Waals surface area contributed by atoms with E-state index in [0.717, 1.165) is 5.56 Å². The van der Waals surface area contributed by atoms with Crippen molar-refractivity contribution in [3.8, 4) is 0 Å². The van der Waals surface area contributed by atoms with Crippen molar-refractivity contribution in [1.82, 2.24) is 0 Å². The number of carbonyl (C=O) groups excluding carboxylic acids is 3. The monoisotopic (exact) mass is 544 g/mol. The second-order valence-electron chi connectivity index (χ2n) is 13.3. The van der Waals surface area contributed by atoms with E-state index < -0.39 is 69.7 Å². The van der Waals surface area contributed by atoms with Crippen LogP contribution < -0.4 is 0 Å². The Morgan fingerprint density at radius 3 is 2.62 bits per heavy atom. The molecule has 10 heteroatoms. The van der Waals surface area contributed by atoms with Gasteiger partial charge in [0.05, 0.1) is 44.7 Å². The molecule has 10 nitrogen and oxygen atoms in total. The van der Waals surface area contributed by atoms with Gasteiger partial charge in [0.25, 0.3) is 0 Å². The molecule has 7 fully saturated rings. The molecule has 4 bridgehead atoms. The lowest BCUT2D eigenvalue weighted by Crippen LogP contribution is -2.83. The van der Waals surface area contributed by atoms with Crippen LogP contribution in [0.4, 0.5) is 0 Å². The van der Waals surface area contributed by atoms with Gasteiger partial charge in [0.15, 0.2) is 5.79 Å². The van der Waals surface area contributed by atoms with Crippen LogP contribution in [0.15, 0.2) is 23.0 Å². The smallest absolute Gasteiger partial charge is 0.306 e. The van der Waals surface area contributed by atoms with Gasteiger partial charge >= 0.3 is 17.9 Å². The maximum absolute atomic E-state index is 13.1. The summed E-state index contributed by atoms with van der Waals surface area (Å²) in [7, 11) is 1.35. The van der Waals surface area contributed by atoms with Gasteiger partial charge in [0.1, 0.15) is 17.8 Å². The number of carbonyl (C=O) groups is 3. The average molecular weight is 545 g/mol. The molecule has 1 spiro atoms. The van der Waals surface area contributed by atoms with Gasteiger partial charge in [-0.05, 0) is 24.8 Å². The van der Waals surface area contributed by atoms with E-state index in [-0.39, 0.29) is 37.3 Å². The molecule has 5 heterocycles. The number of furan rings is 1. The Kier molecular flexibility index (Phi) is 5.00. The average Bonchev–Trinajstić information content (AvgIpc) is 3.33. The molecule has 0 radical (unpaired) electrons. The van der Waals surface area contributed by atoms with Crippen LogP contribution in [0.2, 0.25) is 0 Å². The second kappa shape index (κ2) is 7.64. The molecular formula is C29H36O10. The molecule has 39 heavy (non-hydrogen) atoms. The molecule has 1 aromatic heterocycles. The number of hydrogen-bond acceptors (Lipinski definition) is 10. The van der Waals surface area contributed by atoms with E-state index in [1.807, 2.05) is 19.9 Å². The first-order valence-corrected chi connectivity index (χ1v) is 13.9. The molecular weight excluding hydrogens is 508 g/mol. The summed E-state index contributed by atoms with van der Waals surface area (Å²) in [5.41, 5.74) is -2.11. The number of cyclic esters (lactones) is 1. The Hall–Kier alpha value is -2.43. The lowest BCUT2D eigenvalue weighted by molar-refractivity contribution is -0.446. The number of fused-ring (bicyclic) bond motifs is 2. The van der Waals surface area contributed by atoms with Gasteiger partial charge in [-0.15, -0.1) is 0 Å². The number of ether oxygens (including phenoxy) is 5. The van der Waals surface area contributed by atoms with Crippen LogP contribution in [0.25, 0.3) is 0 Å². The van der Waals surface area contributed by atoms with Crippen molar-refractivity contribution < 1.29 is 47.6 Å². The summed E-state index contributed by atoms with van der Waals surface area (Å²) >= 11 is 0. The van der Waals surface area contributed by atoms with Crippen molar-refractivity contribution in [2.45, 2.75) is 83.1 Å². The Balaban J connectivity index is 1.40. The Morgan fingerprint density at radius 1 is 1.18 bits per heavy atom. The fraction of sp³-hybridized carbons (Fsp3) is 0.759. The highest BCUT2D eigenvalue weighted by atomic mass is 16.7. The molecule has 7 aliphatic rings. The summed E-state index contributed by atoms with van der Waals surface area (Å²) in [5, 5.41) is 12.5. The van der Waals surface area contributed by atoms with E-state index in [1.54, 1.807) is 12.5 Å². The molecule has 4 aliphatic heterocycles. The predicted octanol–water partition coefficient (Wildman–Crippen LogP) is 2.92.